The second kappa shape index (κ2) is 6.78. The summed E-state index contributed by atoms with van der Waals surface area (Å²) in [6.45, 7) is 0. The molecule has 8 heteroatoms. The molecule has 0 saturated carbocycles. The molecule has 3 rings (SSSR count). The minimum Gasteiger partial charge on any atom is -0.508 e. The summed E-state index contributed by atoms with van der Waals surface area (Å²) in [7, 11) is 0. The number of hydrogen-bond acceptors (Lipinski definition) is 2. The van der Waals surface area contributed by atoms with Gasteiger partial charge in [0.2, 0.25) is 0 Å². The minimum atomic E-state index is -5.28. The second-order valence-corrected chi connectivity index (χ2v) is 6.09. The number of aromatic hydroxyl groups is 2. The van der Waals surface area contributed by atoms with E-state index in [-0.39, 0.29) is 23.6 Å². The van der Waals surface area contributed by atoms with Gasteiger partial charge in [-0.25, -0.2) is 13.2 Å². The van der Waals surface area contributed by atoms with Gasteiger partial charge in [0, 0.05) is 17.7 Å². The van der Waals surface area contributed by atoms with Crippen LogP contribution in [0.5, 0.6) is 11.5 Å². The van der Waals surface area contributed by atoms with E-state index in [9.17, 15) is 36.6 Å². The highest BCUT2D eigenvalue weighted by Gasteiger charge is 2.60. The first-order chi connectivity index (χ1) is 13.1. The van der Waals surface area contributed by atoms with Crippen LogP contribution in [-0.2, 0) is 5.41 Å². The number of phenols is 2. The Hall–Kier alpha value is -3.16. The first kappa shape index (κ1) is 19.6. The topological polar surface area (TPSA) is 40.5 Å². The van der Waals surface area contributed by atoms with Crippen LogP contribution in [-0.4, -0.2) is 16.4 Å². The molecule has 0 spiro atoms. The van der Waals surface area contributed by atoms with Crippen LogP contribution in [0.2, 0.25) is 0 Å². The fourth-order valence-electron chi connectivity index (χ4n) is 3.25. The van der Waals surface area contributed by atoms with Crippen molar-refractivity contribution in [1.29, 1.82) is 0 Å². The highest BCUT2D eigenvalue weighted by atomic mass is 19.4. The van der Waals surface area contributed by atoms with Gasteiger partial charge in [0.15, 0.2) is 0 Å². The molecule has 0 radical (unpaired) electrons. The number of rotatable bonds is 3. The monoisotopic (exact) mass is 398 g/mol. The van der Waals surface area contributed by atoms with E-state index >= 15 is 0 Å². The lowest BCUT2D eigenvalue weighted by atomic mass is 9.68. The third-order valence-corrected chi connectivity index (χ3v) is 4.41. The van der Waals surface area contributed by atoms with Crippen molar-refractivity contribution in [2.45, 2.75) is 11.6 Å². The molecule has 0 aliphatic heterocycles. The first-order valence-electron chi connectivity index (χ1n) is 7.88. The van der Waals surface area contributed by atoms with E-state index < -0.39 is 45.7 Å². The lowest BCUT2D eigenvalue weighted by molar-refractivity contribution is -0.167. The Morgan fingerprint density at radius 2 is 0.964 bits per heavy atom. The summed E-state index contributed by atoms with van der Waals surface area (Å²) < 4.78 is 86.2. The third-order valence-electron chi connectivity index (χ3n) is 4.41. The van der Waals surface area contributed by atoms with E-state index in [0.717, 1.165) is 48.5 Å². The van der Waals surface area contributed by atoms with Gasteiger partial charge in [0.1, 0.15) is 34.4 Å². The smallest absolute Gasteiger partial charge is 0.406 e. The maximum Gasteiger partial charge on any atom is 0.406 e. The molecule has 146 valence electrons. The summed E-state index contributed by atoms with van der Waals surface area (Å²) in [4.78, 5) is 0. The maximum atomic E-state index is 14.6. The Kier molecular flexibility index (Phi) is 4.74. The van der Waals surface area contributed by atoms with Crippen molar-refractivity contribution < 1.29 is 36.6 Å². The standard InChI is InChI=1S/C20H12F6O2/c21-13-9-16(22)18(17(23)10-13)19(20(24,25)26,11-1-5-14(27)6-2-11)12-3-7-15(28)8-4-12/h1-10,27-28H. The number of alkyl halides is 3. The van der Waals surface area contributed by atoms with Crippen LogP contribution >= 0.6 is 0 Å². The van der Waals surface area contributed by atoms with Crippen LogP contribution in [0.3, 0.4) is 0 Å². The summed E-state index contributed by atoms with van der Waals surface area (Å²) in [5, 5.41) is 18.9. The molecule has 3 aromatic rings. The lowest BCUT2D eigenvalue weighted by Gasteiger charge is -2.37. The Labute approximate surface area is 155 Å². The average molecular weight is 398 g/mol. The molecule has 2 N–H and O–H groups in total. The van der Waals surface area contributed by atoms with Crippen LogP contribution < -0.4 is 0 Å². The predicted octanol–water partition coefficient (Wildman–Crippen LogP) is 5.41. The van der Waals surface area contributed by atoms with Crippen molar-refractivity contribution in [3.8, 4) is 11.5 Å². The van der Waals surface area contributed by atoms with Crippen molar-refractivity contribution in [1.82, 2.24) is 0 Å². The predicted molar refractivity (Wildman–Crippen MR) is 88.5 cm³/mol. The van der Waals surface area contributed by atoms with Crippen molar-refractivity contribution in [3.63, 3.8) is 0 Å². The van der Waals surface area contributed by atoms with Crippen molar-refractivity contribution in [3.05, 3.63) is 94.8 Å². The van der Waals surface area contributed by atoms with Crippen LogP contribution in [0.15, 0.2) is 60.7 Å². The van der Waals surface area contributed by atoms with E-state index in [2.05, 4.69) is 0 Å². The summed E-state index contributed by atoms with van der Waals surface area (Å²) in [6.07, 6.45) is -5.28. The number of phenolic OH excluding ortho intramolecular Hbond substituents is 2. The van der Waals surface area contributed by atoms with Gasteiger partial charge in [0.05, 0.1) is 0 Å². The van der Waals surface area contributed by atoms with Gasteiger partial charge >= 0.3 is 6.18 Å². The van der Waals surface area contributed by atoms with E-state index in [0.29, 0.717) is 0 Å². The molecule has 0 amide bonds. The van der Waals surface area contributed by atoms with Gasteiger partial charge in [0.25, 0.3) is 0 Å². The zero-order chi connectivity index (χ0) is 20.7. The highest BCUT2D eigenvalue weighted by molar-refractivity contribution is 5.54. The Morgan fingerprint density at radius 1 is 0.607 bits per heavy atom. The largest absolute Gasteiger partial charge is 0.508 e. The first-order valence-corrected chi connectivity index (χ1v) is 7.88. The van der Waals surface area contributed by atoms with E-state index in [1.165, 1.54) is 0 Å². The average Bonchev–Trinajstić information content (AvgIpc) is 2.59. The zero-order valence-corrected chi connectivity index (χ0v) is 13.9. The molecule has 28 heavy (non-hydrogen) atoms. The lowest BCUT2D eigenvalue weighted by Crippen LogP contribution is -2.46. The Bertz CT molecular complexity index is 926. The quantitative estimate of drug-likeness (QED) is 0.457. The van der Waals surface area contributed by atoms with Gasteiger partial charge < -0.3 is 10.2 Å². The fraction of sp³-hybridized carbons (Fsp3) is 0.100. The highest BCUT2D eigenvalue weighted by Crippen LogP contribution is 2.53. The molecular weight excluding hydrogens is 386 g/mol. The van der Waals surface area contributed by atoms with E-state index in [4.69, 9.17) is 0 Å². The summed E-state index contributed by atoms with van der Waals surface area (Å²) >= 11 is 0. The fourth-order valence-corrected chi connectivity index (χ4v) is 3.25. The van der Waals surface area contributed by atoms with E-state index in [1.54, 1.807) is 0 Å². The van der Waals surface area contributed by atoms with Crippen LogP contribution in [0.25, 0.3) is 0 Å². The third kappa shape index (κ3) is 3.04. The van der Waals surface area contributed by atoms with Gasteiger partial charge in [-0.05, 0) is 35.4 Å². The molecule has 0 heterocycles. The molecule has 0 aromatic heterocycles. The molecule has 0 atom stereocenters. The molecule has 2 nitrogen and oxygen atoms in total. The maximum absolute atomic E-state index is 14.6. The van der Waals surface area contributed by atoms with Crippen LogP contribution in [0.1, 0.15) is 16.7 Å². The molecule has 0 bridgehead atoms. The van der Waals surface area contributed by atoms with Crippen LogP contribution in [0.4, 0.5) is 26.3 Å². The molecular formula is C20H12F6O2. The van der Waals surface area contributed by atoms with E-state index in [1.807, 2.05) is 0 Å². The van der Waals surface area contributed by atoms with Crippen molar-refractivity contribution >= 4 is 0 Å². The minimum absolute atomic E-state index is 0.166. The Balaban J connectivity index is 2.51. The number of hydrogen-bond donors (Lipinski definition) is 2. The molecule has 0 fully saturated rings. The zero-order valence-electron chi connectivity index (χ0n) is 13.9. The molecule has 0 aliphatic rings. The van der Waals surface area contributed by atoms with Gasteiger partial charge in [-0.1, -0.05) is 24.3 Å². The van der Waals surface area contributed by atoms with Gasteiger partial charge in [-0.2, -0.15) is 13.2 Å². The summed E-state index contributed by atoms with van der Waals surface area (Å²) in [6, 6.07) is 7.58. The molecule has 0 aliphatic carbocycles. The number of benzene rings is 3. The Morgan fingerprint density at radius 3 is 1.29 bits per heavy atom. The van der Waals surface area contributed by atoms with Gasteiger partial charge in [-0.15, -0.1) is 0 Å². The molecule has 0 saturated heterocycles. The van der Waals surface area contributed by atoms with Gasteiger partial charge in [-0.3, -0.25) is 0 Å². The molecule has 0 unspecified atom stereocenters. The van der Waals surface area contributed by atoms with Crippen molar-refractivity contribution in [2.24, 2.45) is 0 Å². The normalized spacial score (nSPS) is 12.2. The van der Waals surface area contributed by atoms with Crippen LogP contribution in [0, 0.1) is 17.5 Å². The van der Waals surface area contributed by atoms with Crippen molar-refractivity contribution in [2.75, 3.05) is 0 Å². The molecule has 3 aromatic carbocycles. The SMILES string of the molecule is Oc1ccc(C(c2ccc(O)cc2)(c2c(F)cc(F)cc2F)C(F)(F)F)cc1. The number of halogens is 6. The summed E-state index contributed by atoms with van der Waals surface area (Å²) in [5.74, 6) is -5.53. The second-order valence-electron chi connectivity index (χ2n) is 6.09. The summed E-state index contributed by atoms with van der Waals surface area (Å²) in [5.41, 5.74) is -5.99.